The van der Waals surface area contributed by atoms with Crippen LogP contribution >= 0.6 is 0 Å². The first-order valence-corrected chi connectivity index (χ1v) is 9.20. The smallest absolute Gasteiger partial charge is 0.351 e. The Hall–Kier alpha value is -3.84. The minimum atomic E-state index is -4.47. The topological polar surface area (TPSA) is 115 Å². The maximum absolute atomic E-state index is 14.1. The molecule has 14 heteroatoms. The Bertz CT molecular complexity index is 1100. The number of hydrogen-bond donors (Lipinski definition) is 3. The van der Waals surface area contributed by atoms with Crippen molar-refractivity contribution in [3.8, 4) is 5.95 Å². The number of anilines is 3. The third kappa shape index (κ3) is 5.86. The Morgan fingerprint density at radius 3 is 2.59 bits per heavy atom. The Balaban J connectivity index is 1.76. The zero-order valence-corrected chi connectivity index (χ0v) is 16.6. The fourth-order valence-corrected chi connectivity index (χ4v) is 2.56. The number of hydrogen-bond acceptors (Lipinski definition) is 7. The molecular formula is C18H18F5N8O+. The van der Waals surface area contributed by atoms with Gasteiger partial charge < -0.3 is 11.1 Å². The highest BCUT2D eigenvalue weighted by Gasteiger charge is 2.29. The minimum Gasteiger partial charge on any atom is -0.351 e. The summed E-state index contributed by atoms with van der Waals surface area (Å²) in [5, 5.41) is 6.44. The molecule has 0 saturated heterocycles. The predicted molar refractivity (Wildman–Crippen MR) is 103 cm³/mol. The van der Waals surface area contributed by atoms with Crippen LogP contribution in [0.2, 0.25) is 0 Å². The molecule has 1 aromatic carbocycles. The first-order chi connectivity index (χ1) is 15.0. The Morgan fingerprint density at radius 2 is 1.94 bits per heavy atom. The van der Waals surface area contributed by atoms with Crippen molar-refractivity contribution in [2.24, 2.45) is 0 Å². The number of aromatic nitrogens is 5. The third-order valence-electron chi connectivity index (χ3n) is 4.21. The number of ketones is 1. The molecule has 2 heterocycles. The molecular weight excluding hydrogens is 439 g/mol. The van der Waals surface area contributed by atoms with Crippen molar-refractivity contribution in [3.63, 3.8) is 0 Å². The van der Waals surface area contributed by atoms with E-state index in [1.165, 1.54) is 46.9 Å². The summed E-state index contributed by atoms with van der Waals surface area (Å²) in [7, 11) is 0. The zero-order chi connectivity index (χ0) is 23.5. The molecule has 0 radical (unpaired) electrons. The van der Waals surface area contributed by atoms with Crippen LogP contribution in [0, 0.1) is 11.6 Å². The largest absolute Gasteiger partial charge is 0.389 e. The number of carbonyl (C=O) groups is 1. The highest BCUT2D eigenvalue weighted by molar-refractivity contribution is 5.86. The number of alkyl halides is 3. The molecule has 0 aliphatic carbocycles. The molecule has 170 valence electrons. The summed E-state index contributed by atoms with van der Waals surface area (Å²) < 4.78 is 65.3. The lowest BCUT2D eigenvalue weighted by molar-refractivity contribution is -0.589. The van der Waals surface area contributed by atoms with Crippen LogP contribution < -0.4 is 21.0 Å². The number of nitrogens with two attached hydrogens (primary N) is 1. The van der Waals surface area contributed by atoms with Gasteiger partial charge in [0, 0.05) is 6.42 Å². The molecule has 3 aromatic rings. The van der Waals surface area contributed by atoms with Gasteiger partial charge in [-0.2, -0.15) is 22.1 Å². The quantitative estimate of drug-likeness (QED) is 0.352. The summed E-state index contributed by atoms with van der Waals surface area (Å²) in [6.45, 7) is 1.30. The lowest BCUT2D eigenvalue weighted by atomic mass is 10.1. The number of rotatable bonds is 8. The number of Topliss-reactive ketones (excluding diaryl/α,β-unsaturated/α-hetero) is 1. The molecule has 0 bridgehead atoms. The molecule has 2 aromatic heterocycles. The number of nitrogen functional groups attached to an aromatic ring is 1. The molecule has 0 aliphatic rings. The van der Waals surface area contributed by atoms with Gasteiger partial charge in [-0.1, -0.05) is 4.79 Å². The van der Waals surface area contributed by atoms with Crippen LogP contribution in [0.4, 0.5) is 39.4 Å². The van der Waals surface area contributed by atoms with Crippen molar-refractivity contribution < 1.29 is 31.3 Å². The molecule has 0 spiro atoms. The summed E-state index contributed by atoms with van der Waals surface area (Å²) in [5.41, 5.74) is 9.16. The SMILES string of the molecule is C[C@H](Nc1nc(-[n+]2cn(Nc3ccc(F)cc3)nc2N)ncc1F)C(=O)CCC(F)(F)F. The molecule has 0 amide bonds. The standard InChI is InChI=1S/C18H18F5N8O/c1-10(14(32)6-7-18(21,22)23)26-15-13(20)8-25-17(27-15)30-9-31(29-16(30)24)28-12-4-2-11(19)3-5-12/h2-5,8-10,28H,6-7H2,1H3,(H2,24,29)(H,25,26,27)/q+1/t10-/m0/s1. The fraction of sp³-hybridized carbons (Fsp3) is 0.278. The van der Waals surface area contributed by atoms with E-state index in [0.29, 0.717) is 5.69 Å². The van der Waals surface area contributed by atoms with Crippen LogP contribution in [-0.4, -0.2) is 37.9 Å². The maximum atomic E-state index is 14.1. The first kappa shape index (κ1) is 22.8. The van der Waals surface area contributed by atoms with Gasteiger partial charge in [-0.3, -0.25) is 4.79 Å². The normalized spacial score (nSPS) is 12.4. The molecule has 1 atom stereocenters. The highest BCUT2D eigenvalue weighted by atomic mass is 19.4. The summed E-state index contributed by atoms with van der Waals surface area (Å²) in [6, 6.07) is 4.28. The van der Waals surface area contributed by atoms with E-state index in [4.69, 9.17) is 5.73 Å². The van der Waals surface area contributed by atoms with Crippen LogP contribution in [0.1, 0.15) is 19.8 Å². The number of nitrogens with one attached hydrogen (secondary N) is 2. The fourth-order valence-electron chi connectivity index (χ4n) is 2.56. The molecule has 32 heavy (non-hydrogen) atoms. The number of benzene rings is 1. The number of halogens is 5. The van der Waals surface area contributed by atoms with Crippen LogP contribution in [-0.2, 0) is 4.79 Å². The van der Waals surface area contributed by atoms with Gasteiger partial charge in [0.1, 0.15) is 12.0 Å². The molecule has 9 nitrogen and oxygen atoms in total. The average molecular weight is 457 g/mol. The van der Waals surface area contributed by atoms with Crippen LogP contribution in [0.25, 0.3) is 5.95 Å². The molecule has 0 unspecified atom stereocenters. The van der Waals surface area contributed by atoms with Crippen LogP contribution in [0.15, 0.2) is 36.8 Å². The van der Waals surface area contributed by atoms with Crippen LogP contribution in [0.3, 0.4) is 0 Å². The first-order valence-electron chi connectivity index (χ1n) is 9.20. The van der Waals surface area contributed by atoms with Crippen molar-refractivity contribution in [2.75, 3.05) is 16.5 Å². The van der Waals surface area contributed by atoms with Crippen LogP contribution in [0.5, 0.6) is 0 Å². The number of nitrogens with zero attached hydrogens (tertiary/aromatic N) is 5. The van der Waals surface area contributed by atoms with E-state index < -0.39 is 48.3 Å². The third-order valence-corrected chi connectivity index (χ3v) is 4.21. The molecule has 0 aliphatic heterocycles. The van der Waals surface area contributed by atoms with E-state index in [2.05, 4.69) is 25.8 Å². The maximum Gasteiger partial charge on any atom is 0.389 e. The Labute approximate surface area is 178 Å². The van der Waals surface area contributed by atoms with Gasteiger partial charge in [0.05, 0.1) is 18.2 Å². The summed E-state index contributed by atoms with van der Waals surface area (Å²) in [5.74, 6) is -2.70. The monoisotopic (exact) mass is 457 g/mol. The van der Waals surface area contributed by atoms with E-state index >= 15 is 0 Å². The minimum absolute atomic E-state index is 0.0912. The van der Waals surface area contributed by atoms with Crippen molar-refractivity contribution in [1.82, 2.24) is 19.9 Å². The van der Waals surface area contributed by atoms with Gasteiger partial charge in [0.15, 0.2) is 12.1 Å². The van der Waals surface area contributed by atoms with Gasteiger partial charge >= 0.3 is 18.1 Å². The lowest BCUT2D eigenvalue weighted by Gasteiger charge is -2.13. The highest BCUT2D eigenvalue weighted by Crippen LogP contribution is 2.22. The zero-order valence-electron chi connectivity index (χ0n) is 16.6. The van der Waals surface area contributed by atoms with Crippen molar-refractivity contribution in [3.05, 3.63) is 48.4 Å². The second-order valence-corrected chi connectivity index (χ2v) is 6.72. The van der Waals surface area contributed by atoms with Crippen molar-refractivity contribution in [1.29, 1.82) is 0 Å². The van der Waals surface area contributed by atoms with E-state index in [1.54, 1.807) is 0 Å². The second-order valence-electron chi connectivity index (χ2n) is 6.72. The van der Waals surface area contributed by atoms with E-state index in [0.717, 1.165) is 6.20 Å². The Kier molecular flexibility index (Phi) is 6.50. The number of carbonyl (C=O) groups excluding carboxylic acids is 1. The predicted octanol–water partition coefficient (Wildman–Crippen LogP) is 2.40. The van der Waals surface area contributed by atoms with Gasteiger partial charge in [0.25, 0.3) is 0 Å². The molecule has 3 rings (SSSR count). The lowest BCUT2D eigenvalue weighted by Crippen LogP contribution is -2.36. The van der Waals surface area contributed by atoms with E-state index in [1.807, 2.05) is 0 Å². The average Bonchev–Trinajstić information content (AvgIpc) is 3.09. The second kappa shape index (κ2) is 9.11. The summed E-state index contributed by atoms with van der Waals surface area (Å²) in [4.78, 5) is 20.9. The van der Waals surface area contributed by atoms with E-state index in [9.17, 15) is 26.7 Å². The van der Waals surface area contributed by atoms with Gasteiger partial charge in [-0.05, 0) is 36.3 Å². The molecule has 4 N–H and O–H groups in total. The molecule has 0 fully saturated rings. The van der Waals surface area contributed by atoms with Gasteiger partial charge in [-0.15, -0.1) is 9.97 Å². The van der Waals surface area contributed by atoms with Gasteiger partial charge in [0.2, 0.25) is 11.6 Å². The van der Waals surface area contributed by atoms with Gasteiger partial charge in [-0.25, -0.2) is 9.82 Å². The summed E-state index contributed by atoms with van der Waals surface area (Å²) in [6.07, 6.45) is -4.36. The van der Waals surface area contributed by atoms with Crippen molar-refractivity contribution in [2.45, 2.75) is 32.0 Å². The van der Waals surface area contributed by atoms with E-state index in [-0.39, 0.29) is 11.9 Å². The Morgan fingerprint density at radius 1 is 1.25 bits per heavy atom. The molecule has 0 saturated carbocycles. The van der Waals surface area contributed by atoms with Crippen molar-refractivity contribution >= 4 is 23.2 Å². The summed E-state index contributed by atoms with van der Waals surface area (Å²) >= 11 is 0.